The molecular formula is C29H38B2N4O6. The summed E-state index contributed by atoms with van der Waals surface area (Å²) in [7, 11) is -2.55. The average molecular weight is 560 g/mol. The lowest BCUT2D eigenvalue weighted by Gasteiger charge is -2.31. The number of pyridine rings is 1. The number of likely N-dealkylation sites (tertiary alicyclic amines) is 2. The monoisotopic (exact) mass is 560 g/mol. The Morgan fingerprint density at radius 3 is 1.93 bits per heavy atom. The van der Waals surface area contributed by atoms with E-state index in [0.717, 1.165) is 16.5 Å². The number of rotatable bonds is 7. The highest BCUT2D eigenvalue weighted by Crippen LogP contribution is 2.25. The van der Waals surface area contributed by atoms with Crippen LogP contribution in [0.4, 0.5) is 0 Å². The van der Waals surface area contributed by atoms with Crippen LogP contribution >= 0.6 is 0 Å². The van der Waals surface area contributed by atoms with E-state index in [1.807, 2.05) is 60.7 Å². The Labute approximate surface area is 241 Å². The predicted octanol–water partition coefficient (Wildman–Crippen LogP) is 1.56. The van der Waals surface area contributed by atoms with Gasteiger partial charge in [0.15, 0.2) is 0 Å². The summed E-state index contributed by atoms with van der Waals surface area (Å²) in [5, 5.41) is 40.7. The summed E-state index contributed by atoms with van der Waals surface area (Å²) in [6.07, 6.45) is 2.53. The van der Waals surface area contributed by atoms with E-state index in [4.69, 9.17) is 10.0 Å². The Kier molecular flexibility index (Phi) is 11.3. The minimum absolute atomic E-state index is 0.0758. The minimum atomic E-state index is -1.29. The molecule has 0 saturated carbocycles. The number of fused-ring (bicyclic) bond motifs is 1. The molecule has 3 aromatic rings. The van der Waals surface area contributed by atoms with Gasteiger partial charge in [0, 0.05) is 38.1 Å². The fourth-order valence-corrected chi connectivity index (χ4v) is 5.22. The number of para-hydroxylation sites is 1. The van der Waals surface area contributed by atoms with Crippen LogP contribution in [-0.2, 0) is 11.3 Å². The Balaban J connectivity index is 0.000000189. The molecule has 2 aliphatic heterocycles. The lowest BCUT2D eigenvalue weighted by molar-refractivity contribution is -0.131. The van der Waals surface area contributed by atoms with Gasteiger partial charge in [0.1, 0.15) is 5.69 Å². The van der Waals surface area contributed by atoms with Crippen molar-refractivity contribution in [3.8, 4) is 0 Å². The first-order valence-corrected chi connectivity index (χ1v) is 14.2. The highest BCUT2D eigenvalue weighted by molar-refractivity contribution is 6.43. The Morgan fingerprint density at radius 1 is 0.756 bits per heavy atom. The third-order valence-electron chi connectivity index (χ3n) is 7.83. The molecule has 0 atom stereocenters. The number of nitrogens with one attached hydrogen (secondary N) is 1. The number of carbonyl (C=O) groups excluding carboxylic acids is 2. The van der Waals surface area contributed by atoms with Gasteiger partial charge in [0.25, 0.3) is 5.91 Å². The summed E-state index contributed by atoms with van der Waals surface area (Å²) in [5.41, 5.74) is 2.41. The van der Waals surface area contributed by atoms with E-state index in [-0.39, 0.29) is 23.4 Å². The summed E-state index contributed by atoms with van der Waals surface area (Å²) in [6, 6.07) is 21.3. The molecule has 2 aromatic carbocycles. The van der Waals surface area contributed by atoms with Crippen LogP contribution in [0, 0.1) is 0 Å². The molecule has 0 spiro atoms. The number of hydrogen-bond acceptors (Lipinski definition) is 8. The molecule has 1 aromatic heterocycles. The first-order chi connectivity index (χ1) is 19.8. The molecule has 41 heavy (non-hydrogen) atoms. The number of piperidine rings is 2. The SMILES string of the molecule is O=C(CNCc1ccccc1)N1CCC(B(O)O)CC1.O=C(c1ccc2ccccc2n1)N1CCC(B(O)O)CC1. The number of amides is 2. The maximum atomic E-state index is 12.5. The van der Waals surface area contributed by atoms with Crippen molar-refractivity contribution >= 4 is 37.0 Å². The summed E-state index contributed by atoms with van der Waals surface area (Å²) in [4.78, 5) is 32.4. The van der Waals surface area contributed by atoms with Crippen LogP contribution in [0.5, 0.6) is 0 Å². The Morgan fingerprint density at radius 2 is 1.32 bits per heavy atom. The zero-order valence-electron chi connectivity index (χ0n) is 23.2. The van der Waals surface area contributed by atoms with Crippen molar-refractivity contribution in [1.29, 1.82) is 0 Å². The van der Waals surface area contributed by atoms with Gasteiger partial charge in [-0.3, -0.25) is 9.59 Å². The first-order valence-electron chi connectivity index (χ1n) is 14.2. The molecule has 216 valence electrons. The van der Waals surface area contributed by atoms with E-state index in [2.05, 4.69) is 10.3 Å². The second-order valence-corrected chi connectivity index (χ2v) is 10.7. The van der Waals surface area contributed by atoms with Crippen molar-refractivity contribution in [2.45, 2.75) is 43.9 Å². The highest BCUT2D eigenvalue weighted by Gasteiger charge is 2.31. The molecule has 2 amide bonds. The molecule has 0 bridgehead atoms. The lowest BCUT2D eigenvalue weighted by Crippen LogP contribution is -2.43. The first kappa shape index (κ1) is 30.7. The Bertz CT molecular complexity index is 1270. The van der Waals surface area contributed by atoms with Crippen LogP contribution in [0.2, 0.25) is 11.6 Å². The smallest absolute Gasteiger partial charge is 0.427 e. The summed E-state index contributed by atoms with van der Waals surface area (Å²) >= 11 is 0. The fraction of sp³-hybridized carbons (Fsp3) is 0.414. The second kappa shape index (κ2) is 15.1. The molecular weight excluding hydrogens is 522 g/mol. The standard InChI is InChI=1S/C15H17BN2O3.C14H21BN2O3/c19-15(18-9-7-12(8-10-18)16(20)21)14-6-5-11-3-1-2-4-13(11)17-14;18-14(11-16-10-12-4-2-1-3-5-12)17-8-6-13(7-9-17)15(19)20/h1-6,12,20-21H,7-10H2;1-5,13,16,19-20H,6-11H2. The largest absolute Gasteiger partial charge is 0.454 e. The zero-order chi connectivity index (χ0) is 29.2. The lowest BCUT2D eigenvalue weighted by atomic mass is 9.67. The van der Waals surface area contributed by atoms with E-state index in [9.17, 15) is 19.6 Å². The van der Waals surface area contributed by atoms with Gasteiger partial charge in [-0.2, -0.15) is 0 Å². The van der Waals surface area contributed by atoms with E-state index < -0.39 is 14.2 Å². The van der Waals surface area contributed by atoms with Crippen LogP contribution in [-0.4, -0.2) is 93.7 Å². The van der Waals surface area contributed by atoms with Gasteiger partial charge < -0.3 is 35.2 Å². The number of carbonyl (C=O) groups is 2. The number of aromatic nitrogens is 1. The molecule has 10 nitrogen and oxygen atoms in total. The fourth-order valence-electron chi connectivity index (χ4n) is 5.22. The van der Waals surface area contributed by atoms with Crippen molar-refractivity contribution < 1.29 is 29.7 Å². The third-order valence-corrected chi connectivity index (χ3v) is 7.83. The maximum absolute atomic E-state index is 12.5. The molecule has 2 fully saturated rings. The molecule has 5 N–H and O–H groups in total. The van der Waals surface area contributed by atoms with Gasteiger partial charge in [-0.05, 0) is 55.0 Å². The van der Waals surface area contributed by atoms with Crippen molar-refractivity contribution in [2.24, 2.45) is 0 Å². The van der Waals surface area contributed by atoms with E-state index in [1.165, 1.54) is 0 Å². The number of nitrogens with zero attached hydrogens (tertiary/aromatic N) is 3. The van der Waals surface area contributed by atoms with Crippen molar-refractivity contribution in [3.05, 3.63) is 78.0 Å². The molecule has 5 rings (SSSR count). The van der Waals surface area contributed by atoms with Crippen LogP contribution < -0.4 is 5.32 Å². The zero-order valence-corrected chi connectivity index (χ0v) is 23.2. The number of hydrogen-bond donors (Lipinski definition) is 5. The quantitative estimate of drug-likeness (QED) is 0.274. The topological polar surface area (TPSA) is 146 Å². The molecule has 2 saturated heterocycles. The van der Waals surface area contributed by atoms with Gasteiger partial charge in [0.2, 0.25) is 5.91 Å². The van der Waals surface area contributed by atoms with Crippen LogP contribution in [0.1, 0.15) is 41.7 Å². The normalized spacial score (nSPS) is 16.2. The average Bonchev–Trinajstić information content (AvgIpc) is 3.01. The van der Waals surface area contributed by atoms with Crippen molar-refractivity contribution in [2.75, 3.05) is 32.7 Å². The van der Waals surface area contributed by atoms with E-state index >= 15 is 0 Å². The molecule has 0 unspecified atom stereocenters. The van der Waals surface area contributed by atoms with Gasteiger partial charge in [0.05, 0.1) is 12.1 Å². The molecule has 12 heteroatoms. The van der Waals surface area contributed by atoms with Crippen LogP contribution in [0.15, 0.2) is 66.7 Å². The maximum Gasteiger partial charge on any atom is 0.454 e. The molecule has 3 heterocycles. The van der Waals surface area contributed by atoms with Gasteiger partial charge in [-0.25, -0.2) is 4.98 Å². The highest BCUT2D eigenvalue weighted by atomic mass is 16.4. The second-order valence-electron chi connectivity index (χ2n) is 10.7. The van der Waals surface area contributed by atoms with Crippen molar-refractivity contribution in [1.82, 2.24) is 20.1 Å². The Hall–Kier alpha value is -3.28. The van der Waals surface area contributed by atoms with Crippen molar-refractivity contribution in [3.63, 3.8) is 0 Å². The van der Waals surface area contributed by atoms with Crippen LogP contribution in [0.3, 0.4) is 0 Å². The van der Waals surface area contributed by atoms with Gasteiger partial charge >= 0.3 is 14.2 Å². The predicted molar refractivity (Wildman–Crippen MR) is 159 cm³/mol. The minimum Gasteiger partial charge on any atom is -0.427 e. The van der Waals surface area contributed by atoms with E-state index in [0.29, 0.717) is 70.6 Å². The van der Waals surface area contributed by atoms with Crippen LogP contribution in [0.25, 0.3) is 10.9 Å². The molecule has 0 radical (unpaired) electrons. The molecule has 0 aliphatic carbocycles. The number of benzene rings is 2. The van der Waals surface area contributed by atoms with E-state index in [1.54, 1.807) is 15.9 Å². The summed E-state index contributed by atoms with van der Waals surface area (Å²) in [6.45, 7) is 3.28. The molecule has 2 aliphatic rings. The van der Waals surface area contributed by atoms with Gasteiger partial charge in [-0.15, -0.1) is 0 Å². The summed E-state index contributed by atoms with van der Waals surface area (Å²) < 4.78 is 0. The third kappa shape index (κ3) is 8.85. The summed E-state index contributed by atoms with van der Waals surface area (Å²) in [5.74, 6) is -0.256. The van der Waals surface area contributed by atoms with Gasteiger partial charge in [-0.1, -0.05) is 54.6 Å².